The van der Waals surface area contributed by atoms with Crippen LogP contribution in [0.25, 0.3) is 0 Å². The summed E-state index contributed by atoms with van der Waals surface area (Å²) in [6, 6.07) is 0.511. The molecule has 2 aliphatic rings. The van der Waals surface area contributed by atoms with Crippen molar-refractivity contribution >= 4 is 5.96 Å². The summed E-state index contributed by atoms with van der Waals surface area (Å²) in [4.78, 5) is 6.81. The van der Waals surface area contributed by atoms with E-state index in [4.69, 9.17) is 0 Å². The molecule has 0 radical (unpaired) electrons. The first kappa shape index (κ1) is 16.3. The standard InChI is InChI=1S/C17H32N4/c1-14-8-7-11-17(12-14,21(3)4)13-19-16(18-2)20-15-9-5-6-10-15/h5-6,14-15H,7-13H2,1-4H3,(H2,18,19,20). The normalized spacial score (nSPS) is 30.9. The summed E-state index contributed by atoms with van der Waals surface area (Å²) in [5, 5.41) is 7.11. The second kappa shape index (κ2) is 7.30. The molecule has 2 N–H and O–H groups in total. The SMILES string of the molecule is CN=C(NCC1(N(C)C)CCCC(C)C1)NC1CC=CC1. The predicted octanol–water partition coefficient (Wildman–Crippen LogP) is 2.38. The Bertz CT molecular complexity index is 380. The average molecular weight is 292 g/mol. The summed E-state index contributed by atoms with van der Waals surface area (Å²) in [6.45, 7) is 3.36. The maximum atomic E-state index is 4.39. The third kappa shape index (κ3) is 4.22. The lowest BCUT2D eigenvalue weighted by atomic mass is 9.75. The molecule has 2 aliphatic carbocycles. The number of hydrogen-bond donors (Lipinski definition) is 2. The quantitative estimate of drug-likeness (QED) is 0.475. The third-order valence-electron chi connectivity index (χ3n) is 5.17. The molecule has 4 nitrogen and oxygen atoms in total. The van der Waals surface area contributed by atoms with Gasteiger partial charge in [-0.1, -0.05) is 31.9 Å². The van der Waals surface area contributed by atoms with Gasteiger partial charge in [0.15, 0.2) is 5.96 Å². The Kier molecular flexibility index (Phi) is 5.68. The van der Waals surface area contributed by atoms with Crippen molar-refractivity contribution in [1.82, 2.24) is 15.5 Å². The van der Waals surface area contributed by atoms with Gasteiger partial charge >= 0.3 is 0 Å². The highest BCUT2D eigenvalue weighted by molar-refractivity contribution is 5.80. The topological polar surface area (TPSA) is 39.7 Å². The fraction of sp³-hybridized carbons (Fsp3) is 0.824. The Labute approximate surface area is 130 Å². The molecule has 0 spiro atoms. The van der Waals surface area contributed by atoms with E-state index in [1.165, 1.54) is 25.7 Å². The van der Waals surface area contributed by atoms with E-state index >= 15 is 0 Å². The second-order valence-electron chi connectivity index (χ2n) is 7.03. The number of nitrogens with zero attached hydrogens (tertiary/aromatic N) is 2. The minimum Gasteiger partial charge on any atom is -0.355 e. The van der Waals surface area contributed by atoms with Crippen LogP contribution in [0.15, 0.2) is 17.1 Å². The maximum Gasteiger partial charge on any atom is 0.191 e. The van der Waals surface area contributed by atoms with E-state index in [0.717, 1.165) is 31.3 Å². The number of nitrogens with one attached hydrogen (secondary N) is 2. The highest BCUT2D eigenvalue weighted by Crippen LogP contribution is 2.35. The van der Waals surface area contributed by atoms with Crippen LogP contribution in [0.2, 0.25) is 0 Å². The molecule has 1 fully saturated rings. The van der Waals surface area contributed by atoms with Crippen molar-refractivity contribution in [2.45, 2.75) is 57.0 Å². The van der Waals surface area contributed by atoms with E-state index in [9.17, 15) is 0 Å². The minimum absolute atomic E-state index is 0.267. The Hall–Kier alpha value is -1.03. The zero-order valence-corrected chi connectivity index (χ0v) is 14.2. The zero-order chi connectivity index (χ0) is 15.3. The summed E-state index contributed by atoms with van der Waals surface area (Å²) in [5.74, 6) is 1.76. The molecule has 0 aromatic carbocycles. The van der Waals surface area contributed by atoms with Crippen LogP contribution in [0, 0.1) is 5.92 Å². The average Bonchev–Trinajstić information content (AvgIpc) is 2.96. The molecule has 4 heteroatoms. The van der Waals surface area contributed by atoms with Gasteiger partial charge in [-0.15, -0.1) is 0 Å². The molecule has 1 saturated carbocycles. The van der Waals surface area contributed by atoms with Gasteiger partial charge in [0.1, 0.15) is 0 Å². The predicted molar refractivity (Wildman–Crippen MR) is 90.7 cm³/mol. The van der Waals surface area contributed by atoms with Gasteiger partial charge in [0, 0.05) is 25.2 Å². The lowest BCUT2D eigenvalue weighted by Gasteiger charge is -2.45. The summed E-state index contributed by atoms with van der Waals surface area (Å²) in [5.41, 5.74) is 0.267. The van der Waals surface area contributed by atoms with Gasteiger partial charge in [-0.25, -0.2) is 0 Å². The Balaban J connectivity index is 1.90. The van der Waals surface area contributed by atoms with Gasteiger partial charge in [-0.05, 0) is 45.7 Å². The van der Waals surface area contributed by atoms with Crippen molar-refractivity contribution in [2.24, 2.45) is 10.9 Å². The minimum atomic E-state index is 0.267. The van der Waals surface area contributed by atoms with Crippen LogP contribution >= 0.6 is 0 Å². The first-order valence-electron chi connectivity index (χ1n) is 8.35. The van der Waals surface area contributed by atoms with Gasteiger partial charge in [0.05, 0.1) is 0 Å². The van der Waals surface area contributed by atoms with E-state index in [-0.39, 0.29) is 5.54 Å². The summed E-state index contributed by atoms with van der Waals surface area (Å²) >= 11 is 0. The van der Waals surface area contributed by atoms with Crippen LogP contribution in [-0.4, -0.2) is 50.1 Å². The maximum absolute atomic E-state index is 4.39. The van der Waals surface area contributed by atoms with E-state index < -0.39 is 0 Å². The fourth-order valence-electron chi connectivity index (χ4n) is 3.73. The van der Waals surface area contributed by atoms with Gasteiger partial charge in [0.25, 0.3) is 0 Å². The highest BCUT2D eigenvalue weighted by Gasteiger charge is 2.37. The zero-order valence-electron chi connectivity index (χ0n) is 14.2. The van der Waals surface area contributed by atoms with Gasteiger partial charge in [-0.3, -0.25) is 4.99 Å². The molecule has 0 bridgehead atoms. The number of hydrogen-bond acceptors (Lipinski definition) is 2. The van der Waals surface area contributed by atoms with Crippen molar-refractivity contribution in [2.75, 3.05) is 27.7 Å². The van der Waals surface area contributed by atoms with Crippen LogP contribution in [0.1, 0.15) is 45.4 Å². The van der Waals surface area contributed by atoms with Crippen LogP contribution in [0.4, 0.5) is 0 Å². The molecule has 2 unspecified atom stereocenters. The number of aliphatic imine (C=N–C) groups is 1. The molecule has 2 rings (SSSR count). The van der Waals surface area contributed by atoms with Gasteiger partial charge in [0.2, 0.25) is 0 Å². The molecule has 0 aromatic rings. The Morgan fingerprint density at radius 3 is 2.62 bits per heavy atom. The number of likely N-dealkylation sites (N-methyl/N-ethyl adjacent to an activating group) is 1. The van der Waals surface area contributed by atoms with Gasteiger partial charge in [-0.2, -0.15) is 0 Å². The van der Waals surface area contributed by atoms with Crippen LogP contribution in [-0.2, 0) is 0 Å². The second-order valence-corrected chi connectivity index (χ2v) is 7.03. The summed E-state index contributed by atoms with van der Waals surface area (Å²) in [6.07, 6.45) is 12.0. The third-order valence-corrected chi connectivity index (χ3v) is 5.17. The molecule has 120 valence electrons. The lowest BCUT2D eigenvalue weighted by molar-refractivity contribution is 0.0795. The molecule has 0 aliphatic heterocycles. The van der Waals surface area contributed by atoms with E-state index in [1.807, 2.05) is 7.05 Å². The number of guanidine groups is 1. The Morgan fingerprint density at radius 1 is 1.33 bits per heavy atom. The molecule has 0 saturated heterocycles. The van der Waals surface area contributed by atoms with Crippen LogP contribution < -0.4 is 10.6 Å². The molecule has 0 heterocycles. The monoisotopic (exact) mass is 292 g/mol. The van der Waals surface area contributed by atoms with Crippen molar-refractivity contribution in [3.05, 3.63) is 12.2 Å². The molecular weight excluding hydrogens is 260 g/mol. The molecule has 2 atom stereocenters. The first-order chi connectivity index (χ1) is 10.1. The smallest absolute Gasteiger partial charge is 0.191 e. The first-order valence-corrected chi connectivity index (χ1v) is 8.35. The number of rotatable bonds is 4. The van der Waals surface area contributed by atoms with Crippen LogP contribution in [0.5, 0.6) is 0 Å². The highest BCUT2D eigenvalue weighted by atomic mass is 15.2. The molecule has 0 aromatic heterocycles. The molecular formula is C17H32N4. The van der Waals surface area contributed by atoms with Crippen LogP contribution in [0.3, 0.4) is 0 Å². The van der Waals surface area contributed by atoms with Gasteiger partial charge < -0.3 is 15.5 Å². The van der Waals surface area contributed by atoms with E-state index in [2.05, 4.69) is 53.7 Å². The summed E-state index contributed by atoms with van der Waals surface area (Å²) < 4.78 is 0. The van der Waals surface area contributed by atoms with Crippen molar-refractivity contribution in [3.8, 4) is 0 Å². The largest absolute Gasteiger partial charge is 0.355 e. The van der Waals surface area contributed by atoms with Crippen molar-refractivity contribution in [3.63, 3.8) is 0 Å². The summed E-state index contributed by atoms with van der Waals surface area (Å²) in [7, 11) is 6.30. The molecule has 0 amide bonds. The Morgan fingerprint density at radius 2 is 2.05 bits per heavy atom. The van der Waals surface area contributed by atoms with Crippen molar-refractivity contribution in [1.29, 1.82) is 0 Å². The molecule has 21 heavy (non-hydrogen) atoms. The van der Waals surface area contributed by atoms with Crippen molar-refractivity contribution < 1.29 is 0 Å². The lowest BCUT2D eigenvalue weighted by Crippen LogP contribution is -2.57. The van der Waals surface area contributed by atoms with E-state index in [0.29, 0.717) is 6.04 Å². The fourth-order valence-corrected chi connectivity index (χ4v) is 3.73. The van der Waals surface area contributed by atoms with E-state index in [1.54, 1.807) is 0 Å².